The van der Waals surface area contributed by atoms with Gasteiger partial charge in [-0.25, -0.2) is 0 Å². The van der Waals surface area contributed by atoms with E-state index in [9.17, 15) is 4.79 Å². The van der Waals surface area contributed by atoms with E-state index < -0.39 is 0 Å². The number of benzene rings is 1. The van der Waals surface area contributed by atoms with Crippen molar-refractivity contribution in [2.24, 2.45) is 0 Å². The smallest absolute Gasteiger partial charge is 0.241 e. The molecule has 5 nitrogen and oxygen atoms in total. The minimum atomic E-state index is 0.151. The summed E-state index contributed by atoms with van der Waals surface area (Å²) < 4.78 is 5.29. The molecule has 2 aliphatic heterocycles. The van der Waals surface area contributed by atoms with E-state index in [2.05, 4.69) is 17.1 Å². The second kappa shape index (κ2) is 4.74. The Bertz CT molecular complexity index is 503. The topological polar surface area (TPSA) is 44.8 Å². The SMILES string of the molecule is CCN1CC2CNCC(=O)N2c2ccc(OC)cc21. The summed E-state index contributed by atoms with van der Waals surface area (Å²) in [6.07, 6.45) is 0. The fourth-order valence-corrected chi connectivity index (χ4v) is 2.94. The molecule has 3 rings (SSSR count). The number of carbonyl (C=O) groups is 1. The van der Waals surface area contributed by atoms with Crippen molar-refractivity contribution in [1.82, 2.24) is 5.32 Å². The first-order chi connectivity index (χ1) is 9.24. The van der Waals surface area contributed by atoms with Gasteiger partial charge in [0.15, 0.2) is 0 Å². The molecule has 1 amide bonds. The first-order valence-corrected chi connectivity index (χ1v) is 6.70. The molecule has 0 aromatic heterocycles. The second-order valence-electron chi connectivity index (χ2n) is 4.94. The summed E-state index contributed by atoms with van der Waals surface area (Å²) in [6.45, 7) is 5.22. The van der Waals surface area contributed by atoms with Crippen LogP contribution in [0, 0.1) is 0 Å². The number of amides is 1. The Morgan fingerprint density at radius 1 is 1.42 bits per heavy atom. The Morgan fingerprint density at radius 3 is 3.00 bits per heavy atom. The van der Waals surface area contributed by atoms with E-state index in [0.29, 0.717) is 6.54 Å². The lowest BCUT2D eigenvalue weighted by Gasteiger charge is -2.45. The number of nitrogens with one attached hydrogen (secondary N) is 1. The van der Waals surface area contributed by atoms with Crippen LogP contribution in [-0.2, 0) is 4.79 Å². The molecule has 1 fully saturated rings. The number of piperazine rings is 1. The van der Waals surface area contributed by atoms with Gasteiger partial charge in [0, 0.05) is 25.7 Å². The van der Waals surface area contributed by atoms with Crippen molar-refractivity contribution in [3.63, 3.8) is 0 Å². The third kappa shape index (κ3) is 1.94. The van der Waals surface area contributed by atoms with E-state index in [1.807, 2.05) is 23.1 Å². The fourth-order valence-electron chi connectivity index (χ4n) is 2.94. The van der Waals surface area contributed by atoms with E-state index in [4.69, 9.17) is 4.74 Å². The van der Waals surface area contributed by atoms with Crippen LogP contribution in [0.3, 0.4) is 0 Å². The van der Waals surface area contributed by atoms with Gasteiger partial charge in [0.1, 0.15) is 5.75 Å². The lowest BCUT2D eigenvalue weighted by Crippen LogP contribution is -2.61. The highest BCUT2D eigenvalue weighted by Crippen LogP contribution is 2.38. The molecule has 0 aliphatic carbocycles. The maximum atomic E-state index is 12.2. The van der Waals surface area contributed by atoms with Gasteiger partial charge >= 0.3 is 0 Å². The lowest BCUT2D eigenvalue weighted by molar-refractivity contribution is -0.119. The average molecular weight is 261 g/mol. The van der Waals surface area contributed by atoms with Crippen molar-refractivity contribution in [2.45, 2.75) is 13.0 Å². The molecule has 5 heteroatoms. The second-order valence-corrected chi connectivity index (χ2v) is 4.94. The van der Waals surface area contributed by atoms with E-state index in [1.165, 1.54) is 0 Å². The van der Waals surface area contributed by atoms with Crippen LogP contribution in [0.5, 0.6) is 5.75 Å². The van der Waals surface area contributed by atoms with Gasteiger partial charge in [-0.2, -0.15) is 0 Å². The number of nitrogens with zero attached hydrogens (tertiary/aromatic N) is 2. The number of fused-ring (bicyclic) bond motifs is 3. The van der Waals surface area contributed by atoms with Gasteiger partial charge in [-0.3, -0.25) is 4.79 Å². The first kappa shape index (κ1) is 12.3. The maximum Gasteiger partial charge on any atom is 0.241 e. The minimum Gasteiger partial charge on any atom is -0.497 e. The summed E-state index contributed by atoms with van der Waals surface area (Å²) in [5.41, 5.74) is 2.10. The van der Waals surface area contributed by atoms with Crippen molar-refractivity contribution in [1.29, 1.82) is 0 Å². The molecule has 1 saturated heterocycles. The number of likely N-dealkylation sites (N-methyl/N-ethyl adjacent to an activating group) is 1. The van der Waals surface area contributed by atoms with Gasteiger partial charge in [0.2, 0.25) is 5.91 Å². The Labute approximate surface area is 113 Å². The molecule has 1 aromatic carbocycles. The van der Waals surface area contributed by atoms with Crippen LogP contribution < -0.4 is 19.9 Å². The monoisotopic (exact) mass is 261 g/mol. The van der Waals surface area contributed by atoms with Crippen LogP contribution in [0.2, 0.25) is 0 Å². The molecule has 1 aromatic rings. The Kier molecular flexibility index (Phi) is 3.06. The summed E-state index contributed by atoms with van der Waals surface area (Å²) in [6, 6.07) is 6.16. The summed E-state index contributed by atoms with van der Waals surface area (Å²) in [5.74, 6) is 0.983. The summed E-state index contributed by atoms with van der Waals surface area (Å²) >= 11 is 0. The molecule has 102 valence electrons. The molecular formula is C14H19N3O2. The molecule has 2 heterocycles. The Morgan fingerprint density at radius 2 is 2.26 bits per heavy atom. The molecule has 0 spiro atoms. The summed E-state index contributed by atoms with van der Waals surface area (Å²) in [7, 11) is 1.67. The maximum absolute atomic E-state index is 12.2. The van der Waals surface area contributed by atoms with Crippen LogP contribution >= 0.6 is 0 Å². The molecule has 0 radical (unpaired) electrons. The van der Waals surface area contributed by atoms with Crippen molar-refractivity contribution in [3.8, 4) is 5.75 Å². The highest BCUT2D eigenvalue weighted by molar-refractivity contribution is 6.00. The van der Waals surface area contributed by atoms with E-state index in [1.54, 1.807) is 7.11 Å². The third-order valence-corrected chi connectivity index (χ3v) is 3.89. The molecule has 2 aliphatic rings. The number of ether oxygens (including phenoxy) is 1. The largest absolute Gasteiger partial charge is 0.497 e. The zero-order chi connectivity index (χ0) is 13.4. The van der Waals surface area contributed by atoms with Crippen molar-refractivity contribution < 1.29 is 9.53 Å². The number of anilines is 2. The highest BCUT2D eigenvalue weighted by Gasteiger charge is 2.36. The van der Waals surface area contributed by atoms with Gasteiger partial charge < -0.3 is 19.9 Å². The van der Waals surface area contributed by atoms with Crippen LogP contribution in [0.1, 0.15) is 6.92 Å². The van der Waals surface area contributed by atoms with Gasteiger partial charge in [-0.05, 0) is 19.1 Å². The van der Waals surface area contributed by atoms with Crippen LogP contribution in [-0.4, -0.2) is 45.2 Å². The predicted octanol–water partition coefficient (Wildman–Crippen LogP) is 0.840. The van der Waals surface area contributed by atoms with E-state index in [-0.39, 0.29) is 11.9 Å². The van der Waals surface area contributed by atoms with E-state index in [0.717, 1.165) is 36.8 Å². The van der Waals surface area contributed by atoms with Gasteiger partial charge in [-0.15, -0.1) is 0 Å². The molecular weight excluding hydrogens is 242 g/mol. The zero-order valence-corrected chi connectivity index (χ0v) is 11.3. The normalized spacial score (nSPS) is 22.0. The van der Waals surface area contributed by atoms with Gasteiger partial charge in [0.05, 0.1) is 31.1 Å². The standard InChI is InChI=1S/C14H19N3O2/c1-3-16-9-10-7-15-8-14(18)17(10)12-5-4-11(19-2)6-13(12)16/h4-6,10,15H,3,7-9H2,1-2H3. The molecule has 19 heavy (non-hydrogen) atoms. The van der Waals surface area contributed by atoms with Gasteiger partial charge in [-0.1, -0.05) is 0 Å². The number of carbonyl (C=O) groups excluding carboxylic acids is 1. The van der Waals surface area contributed by atoms with Crippen LogP contribution in [0.25, 0.3) is 0 Å². The lowest BCUT2D eigenvalue weighted by atomic mass is 10.0. The quantitative estimate of drug-likeness (QED) is 0.857. The summed E-state index contributed by atoms with van der Waals surface area (Å²) in [4.78, 5) is 16.4. The van der Waals surface area contributed by atoms with Crippen molar-refractivity contribution >= 4 is 17.3 Å². The number of methoxy groups -OCH3 is 1. The van der Waals surface area contributed by atoms with Crippen molar-refractivity contribution in [2.75, 3.05) is 43.1 Å². The number of hydrogen-bond acceptors (Lipinski definition) is 4. The summed E-state index contributed by atoms with van der Waals surface area (Å²) in [5, 5.41) is 3.19. The fraction of sp³-hybridized carbons (Fsp3) is 0.500. The minimum absolute atomic E-state index is 0.151. The zero-order valence-electron chi connectivity index (χ0n) is 11.3. The molecule has 0 bridgehead atoms. The van der Waals surface area contributed by atoms with Crippen molar-refractivity contribution in [3.05, 3.63) is 18.2 Å². The van der Waals surface area contributed by atoms with Gasteiger partial charge in [0.25, 0.3) is 0 Å². The molecule has 1 atom stereocenters. The number of hydrogen-bond donors (Lipinski definition) is 1. The highest BCUT2D eigenvalue weighted by atomic mass is 16.5. The van der Waals surface area contributed by atoms with Crippen LogP contribution in [0.15, 0.2) is 18.2 Å². The molecule has 1 unspecified atom stereocenters. The molecule has 1 N–H and O–H groups in total. The van der Waals surface area contributed by atoms with Crippen LogP contribution in [0.4, 0.5) is 11.4 Å². The van der Waals surface area contributed by atoms with E-state index >= 15 is 0 Å². The number of rotatable bonds is 2. The Balaban J connectivity index is 2.07. The predicted molar refractivity (Wildman–Crippen MR) is 75.0 cm³/mol. The first-order valence-electron chi connectivity index (χ1n) is 6.70. The average Bonchev–Trinajstić information content (AvgIpc) is 2.45. The Hall–Kier alpha value is -1.75. The third-order valence-electron chi connectivity index (χ3n) is 3.89. The molecule has 0 saturated carbocycles.